The first-order chi connectivity index (χ1) is 6.31. The van der Waals surface area contributed by atoms with Crippen LogP contribution in [-0.2, 0) is 0 Å². The summed E-state index contributed by atoms with van der Waals surface area (Å²) in [6.07, 6.45) is 2.79. The average Bonchev–Trinajstić information content (AvgIpc) is 2.85. The zero-order valence-corrected chi connectivity index (χ0v) is 10.1. The largest absolute Gasteiger partial charge is 0.309 e. The van der Waals surface area contributed by atoms with Crippen molar-refractivity contribution in [1.29, 1.82) is 0 Å². The molecule has 72 valence electrons. The van der Waals surface area contributed by atoms with Gasteiger partial charge in [0.15, 0.2) is 0 Å². The number of hydrogen-bond donors (Lipinski definition) is 1. The van der Waals surface area contributed by atoms with E-state index in [2.05, 4.69) is 39.6 Å². The smallest absolute Gasteiger partial charge is 0.0443 e. The molecule has 1 aromatic rings. The standard InChI is InChI=1S/C10H14BrNS/c1-2-12-10(7-3-4-7)9-5-8(11)6-13-9/h5-7,10,12H,2-4H2,1H3. The summed E-state index contributed by atoms with van der Waals surface area (Å²) < 4.78 is 1.22. The molecule has 0 spiro atoms. The van der Waals surface area contributed by atoms with Crippen molar-refractivity contribution in [2.45, 2.75) is 25.8 Å². The summed E-state index contributed by atoms with van der Waals surface area (Å²) in [5.41, 5.74) is 0. The van der Waals surface area contributed by atoms with Gasteiger partial charge in [-0.25, -0.2) is 0 Å². The van der Waals surface area contributed by atoms with Crippen LogP contribution >= 0.6 is 27.3 Å². The van der Waals surface area contributed by atoms with Gasteiger partial charge in [-0.2, -0.15) is 0 Å². The van der Waals surface area contributed by atoms with E-state index in [1.165, 1.54) is 22.2 Å². The molecule has 0 bridgehead atoms. The molecule has 1 fully saturated rings. The normalized spacial score (nSPS) is 18.9. The predicted molar refractivity (Wildman–Crippen MR) is 61.2 cm³/mol. The third kappa shape index (κ3) is 2.33. The highest BCUT2D eigenvalue weighted by atomic mass is 79.9. The van der Waals surface area contributed by atoms with Crippen molar-refractivity contribution in [3.63, 3.8) is 0 Å². The Morgan fingerprint density at radius 2 is 2.46 bits per heavy atom. The number of hydrogen-bond acceptors (Lipinski definition) is 2. The lowest BCUT2D eigenvalue weighted by Gasteiger charge is -2.14. The van der Waals surface area contributed by atoms with E-state index in [-0.39, 0.29) is 0 Å². The van der Waals surface area contributed by atoms with Crippen molar-refractivity contribution in [3.8, 4) is 0 Å². The van der Waals surface area contributed by atoms with E-state index < -0.39 is 0 Å². The van der Waals surface area contributed by atoms with Gasteiger partial charge in [-0.3, -0.25) is 0 Å². The van der Waals surface area contributed by atoms with Crippen LogP contribution in [0.1, 0.15) is 30.7 Å². The highest BCUT2D eigenvalue weighted by Crippen LogP contribution is 2.43. The van der Waals surface area contributed by atoms with E-state index >= 15 is 0 Å². The van der Waals surface area contributed by atoms with Crippen LogP contribution in [0.2, 0.25) is 0 Å². The molecule has 3 heteroatoms. The molecule has 1 aromatic heterocycles. The zero-order valence-electron chi connectivity index (χ0n) is 7.72. The van der Waals surface area contributed by atoms with E-state index in [9.17, 15) is 0 Å². The Bertz CT molecular complexity index is 280. The predicted octanol–water partition coefficient (Wildman–Crippen LogP) is 3.57. The van der Waals surface area contributed by atoms with Gasteiger partial charge in [-0.1, -0.05) is 6.92 Å². The Hall–Kier alpha value is 0.140. The van der Waals surface area contributed by atoms with Gasteiger partial charge in [-0.15, -0.1) is 11.3 Å². The van der Waals surface area contributed by atoms with Gasteiger partial charge in [0.25, 0.3) is 0 Å². The van der Waals surface area contributed by atoms with Gasteiger partial charge in [0.2, 0.25) is 0 Å². The molecule has 2 rings (SSSR count). The molecule has 1 N–H and O–H groups in total. The van der Waals surface area contributed by atoms with Gasteiger partial charge in [0.05, 0.1) is 0 Å². The molecule has 1 aliphatic rings. The maximum absolute atomic E-state index is 3.56. The minimum absolute atomic E-state index is 0.612. The molecule has 1 nitrogen and oxygen atoms in total. The van der Waals surface area contributed by atoms with Gasteiger partial charge in [-0.05, 0) is 47.3 Å². The average molecular weight is 260 g/mol. The second-order valence-corrected chi connectivity index (χ2v) is 5.40. The molecular weight excluding hydrogens is 246 g/mol. The summed E-state index contributed by atoms with van der Waals surface area (Å²) in [4.78, 5) is 1.48. The highest BCUT2D eigenvalue weighted by Gasteiger charge is 2.32. The van der Waals surface area contributed by atoms with E-state index in [1.54, 1.807) is 0 Å². The fourth-order valence-electron chi connectivity index (χ4n) is 1.64. The first-order valence-electron chi connectivity index (χ1n) is 4.78. The Balaban J connectivity index is 2.10. The van der Waals surface area contributed by atoms with Crippen LogP contribution in [-0.4, -0.2) is 6.54 Å². The van der Waals surface area contributed by atoms with E-state index in [0.29, 0.717) is 6.04 Å². The SMILES string of the molecule is CCNC(c1cc(Br)cs1)C1CC1. The van der Waals surface area contributed by atoms with E-state index in [4.69, 9.17) is 0 Å². The van der Waals surface area contributed by atoms with Gasteiger partial charge >= 0.3 is 0 Å². The van der Waals surface area contributed by atoms with Crippen molar-refractivity contribution in [2.24, 2.45) is 5.92 Å². The molecule has 0 radical (unpaired) electrons. The first-order valence-corrected chi connectivity index (χ1v) is 6.46. The Kier molecular flexibility index (Phi) is 3.06. The fourth-order valence-corrected chi connectivity index (χ4v) is 3.25. The minimum atomic E-state index is 0.612. The molecular formula is C10H14BrNS. The second kappa shape index (κ2) is 4.11. The van der Waals surface area contributed by atoms with Crippen LogP contribution in [0.4, 0.5) is 0 Å². The first kappa shape index (κ1) is 9.69. The van der Waals surface area contributed by atoms with Crippen molar-refractivity contribution >= 4 is 27.3 Å². The summed E-state index contributed by atoms with van der Waals surface area (Å²) in [5, 5.41) is 5.73. The van der Waals surface area contributed by atoms with Crippen molar-refractivity contribution in [3.05, 3.63) is 20.8 Å². The molecule has 1 heterocycles. The number of nitrogens with one attached hydrogen (secondary N) is 1. The van der Waals surface area contributed by atoms with Crippen LogP contribution in [0.3, 0.4) is 0 Å². The highest BCUT2D eigenvalue weighted by molar-refractivity contribution is 9.10. The lowest BCUT2D eigenvalue weighted by atomic mass is 10.1. The van der Waals surface area contributed by atoms with Gasteiger partial charge in [0, 0.05) is 20.8 Å². The zero-order chi connectivity index (χ0) is 9.26. The maximum atomic E-state index is 3.56. The summed E-state index contributed by atoms with van der Waals surface area (Å²) in [6, 6.07) is 2.86. The van der Waals surface area contributed by atoms with Gasteiger partial charge in [0.1, 0.15) is 0 Å². The molecule has 0 aliphatic heterocycles. The molecule has 0 saturated heterocycles. The van der Waals surface area contributed by atoms with Crippen molar-refractivity contribution < 1.29 is 0 Å². The molecule has 1 saturated carbocycles. The number of rotatable bonds is 4. The van der Waals surface area contributed by atoms with Crippen molar-refractivity contribution in [1.82, 2.24) is 5.32 Å². The molecule has 1 aliphatic carbocycles. The van der Waals surface area contributed by atoms with E-state index in [1.807, 2.05) is 11.3 Å². The molecule has 0 amide bonds. The molecule has 0 aromatic carbocycles. The Labute approximate surface area is 91.7 Å². The summed E-state index contributed by atoms with van der Waals surface area (Å²) >= 11 is 5.36. The maximum Gasteiger partial charge on any atom is 0.0443 e. The fraction of sp³-hybridized carbons (Fsp3) is 0.600. The Morgan fingerprint density at radius 3 is 2.92 bits per heavy atom. The van der Waals surface area contributed by atoms with Crippen LogP contribution < -0.4 is 5.32 Å². The lowest BCUT2D eigenvalue weighted by molar-refractivity contribution is 0.504. The molecule has 1 unspecified atom stereocenters. The second-order valence-electron chi connectivity index (χ2n) is 3.54. The van der Waals surface area contributed by atoms with Gasteiger partial charge < -0.3 is 5.32 Å². The monoisotopic (exact) mass is 259 g/mol. The van der Waals surface area contributed by atoms with Crippen LogP contribution in [0.25, 0.3) is 0 Å². The Morgan fingerprint density at radius 1 is 1.69 bits per heavy atom. The van der Waals surface area contributed by atoms with Crippen LogP contribution in [0.15, 0.2) is 15.9 Å². The third-order valence-electron chi connectivity index (χ3n) is 2.41. The van der Waals surface area contributed by atoms with Crippen molar-refractivity contribution in [2.75, 3.05) is 6.54 Å². The van der Waals surface area contributed by atoms with Crippen LogP contribution in [0.5, 0.6) is 0 Å². The summed E-state index contributed by atoms with van der Waals surface area (Å²) in [6.45, 7) is 3.24. The third-order valence-corrected chi connectivity index (χ3v) is 4.19. The number of halogens is 1. The topological polar surface area (TPSA) is 12.0 Å². The molecule has 1 atom stereocenters. The summed E-state index contributed by atoms with van der Waals surface area (Å²) in [7, 11) is 0. The summed E-state index contributed by atoms with van der Waals surface area (Å²) in [5.74, 6) is 0.894. The quantitative estimate of drug-likeness (QED) is 0.872. The number of thiophene rings is 1. The minimum Gasteiger partial charge on any atom is -0.309 e. The van der Waals surface area contributed by atoms with E-state index in [0.717, 1.165) is 12.5 Å². The molecule has 13 heavy (non-hydrogen) atoms. The lowest BCUT2D eigenvalue weighted by Crippen LogP contribution is -2.21. The van der Waals surface area contributed by atoms with Crippen LogP contribution in [0, 0.1) is 5.92 Å².